The van der Waals surface area contributed by atoms with Gasteiger partial charge >= 0.3 is 6.03 Å². The second kappa shape index (κ2) is 5.05. The summed E-state index contributed by atoms with van der Waals surface area (Å²) in [6, 6.07) is 6.02. The van der Waals surface area contributed by atoms with Gasteiger partial charge in [0.1, 0.15) is 5.76 Å². The lowest BCUT2D eigenvalue weighted by Gasteiger charge is -2.21. The van der Waals surface area contributed by atoms with Gasteiger partial charge in [-0.05, 0) is 31.2 Å². The number of anilines is 1. The second-order valence-electron chi connectivity index (χ2n) is 4.69. The van der Waals surface area contributed by atoms with E-state index in [1.165, 1.54) is 4.88 Å². The molecule has 0 radical (unpaired) electrons. The highest BCUT2D eigenvalue weighted by Crippen LogP contribution is 2.29. The van der Waals surface area contributed by atoms with E-state index in [2.05, 4.69) is 10.5 Å². The molecule has 2 amide bonds. The Kier molecular flexibility index (Phi) is 3.25. The quantitative estimate of drug-likeness (QED) is 0.933. The maximum absolute atomic E-state index is 12.3. The summed E-state index contributed by atoms with van der Waals surface area (Å²) >= 11 is 1.67. The average Bonchev–Trinajstić information content (AvgIpc) is 2.93. The third-order valence-corrected chi connectivity index (χ3v) is 3.88. The number of thiophene rings is 1. The minimum absolute atomic E-state index is 0.107. The van der Waals surface area contributed by atoms with Crippen LogP contribution in [0.15, 0.2) is 28.1 Å². The van der Waals surface area contributed by atoms with Crippen LogP contribution in [-0.2, 0) is 6.54 Å². The lowest BCUT2D eigenvalue weighted by Crippen LogP contribution is -2.36. The van der Waals surface area contributed by atoms with Crippen molar-refractivity contribution in [2.45, 2.75) is 32.4 Å². The van der Waals surface area contributed by atoms with Crippen molar-refractivity contribution < 1.29 is 9.32 Å². The Morgan fingerprint density at radius 1 is 1.63 bits per heavy atom. The van der Waals surface area contributed by atoms with Gasteiger partial charge in [0.15, 0.2) is 5.82 Å². The molecule has 2 aromatic heterocycles. The lowest BCUT2D eigenvalue weighted by molar-refractivity contribution is 0.206. The largest absolute Gasteiger partial charge is 0.360 e. The Morgan fingerprint density at radius 3 is 3.05 bits per heavy atom. The Bertz CT molecular complexity index is 560. The molecule has 100 valence electrons. The molecule has 0 saturated heterocycles. The summed E-state index contributed by atoms with van der Waals surface area (Å²) < 4.78 is 4.95. The summed E-state index contributed by atoms with van der Waals surface area (Å²) in [4.78, 5) is 15.3. The Balaban J connectivity index is 1.67. The first-order chi connectivity index (χ1) is 9.22. The van der Waals surface area contributed by atoms with E-state index in [1.54, 1.807) is 24.3 Å². The van der Waals surface area contributed by atoms with Crippen molar-refractivity contribution >= 4 is 23.2 Å². The Hall–Kier alpha value is -1.82. The van der Waals surface area contributed by atoms with Crippen molar-refractivity contribution in [3.63, 3.8) is 0 Å². The summed E-state index contributed by atoms with van der Waals surface area (Å²) in [5.74, 6) is 1.16. The third-order valence-electron chi connectivity index (χ3n) is 3.02. The molecule has 0 spiro atoms. The highest BCUT2D eigenvalue weighted by molar-refractivity contribution is 7.09. The fourth-order valence-electron chi connectivity index (χ4n) is 1.93. The van der Waals surface area contributed by atoms with E-state index in [0.717, 1.165) is 12.8 Å². The predicted molar refractivity (Wildman–Crippen MR) is 73.1 cm³/mol. The lowest BCUT2D eigenvalue weighted by atomic mass is 10.4. The molecule has 0 bridgehead atoms. The van der Waals surface area contributed by atoms with Crippen LogP contribution in [0.2, 0.25) is 0 Å². The number of hydrogen-bond donors (Lipinski definition) is 1. The number of urea groups is 1. The van der Waals surface area contributed by atoms with Crippen molar-refractivity contribution in [3.8, 4) is 0 Å². The SMILES string of the molecule is Cc1cc(NC(=O)N(Cc2cccs2)C2CC2)no1. The number of amides is 2. The van der Waals surface area contributed by atoms with Crippen LogP contribution in [0.5, 0.6) is 0 Å². The van der Waals surface area contributed by atoms with Crippen LogP contribution in [0, 0.1) is 6.92 Å². The van der Waals surface area contributed by atoms with Gasteiger partial charge in [0.2, 0.25) is 0 Å². The highest BCUT2D eigenvalue weighted by Gasteiger charge is 2.33. The maximum atomic E-state index is 12.3. The van der Waals surface area contributed by atoms with E-state index in [0.29, 0.717) is 24.2 Å². The van der Waals surface area contributed by atoms with Gasteiger partial charge in [-0.3, -0.25) is 5.32 Å². The highest BCUT2D eigenvalue weighted by atomic mass is 32.1. The van der Waals surface area contributed by atoms with Crippen molar-refractivity contribution in [1.82, 2.24) is 10.1 Å². The van der Waals surface area contributed by atoms with E-state index in [9.17, 15) is 4.79 Å². The minimum atomic E-state index is -0.107. The Labute approximate surface area is 115 Å². The number of carbonyl (C=O) groups excluding carboxylic acids is 1. The zero-order chi connectivity index (χ0) is 13.2. The van der Waals surface area contributed by atoms with Gasteiger partial charge in [-0.15, -0.1) is 11.3 Å². The fraction of sp³-hybridized carbons (Fsp3) is 0.385. The maximum Gasteiger partial charge on any atom is 0.323 e. The summed E-state index contributed by atoms with van der Waals surface area (Å²) in [5.41, 5.74) is 0. The van der Waals surface area contributed by atoms with Gasteiger partial charge in [0.25, 0.3) is 0 Å². The Morgan fingerprint density at radius 2 is 2.47 bits per heavy atom. The zero-order valence-corrected chi connectivity index (χ0v) is 11.4. The summed E-state index contributed by atoms with van der Waals surface area (Å²) in [6.07, 6.45) is 2.16. The average molecular weight is 277 g/mol. The van der Waals surface area contributed by atoms with E-state index in [-0.39, 0.29) is 6.03 Å². The van der Waals surface area contributed by atoms with E-state index in [1.807, 2.05) is 22.4 Å². The molecule has 0 unspecified atom stereocenters. The van der Waals surface area contributed by atoms with Gasteiger partial charge in [-0.2, -0.15) is 0 Å². The fourth-order valence-corrected chi connectivity index (χ4v) is 2.63. The van der Waals surface area contributed by atoms with Gasteiger partial charge in [0, 0.05) is 17.0 Å². The summed E-state index contributed by atoms with van der Waals surface area (Å²) in [6.45, 7) is 2.46. The molecular weight excluding hydrogens is 262 g/mol. The van der Waals surface area contributed by atoms with Gasteiger partial charge < -0.3 is 9.42 Å². The molecular formula is C13H15N3O2S. The second-order valence-corrected chi connectivity index (χ2v) is 5.72. The van der Waals surface area contributed by atoms with E-state index < -0.39 is 0 Å². The van der Waals surface area contributed by atoms with Crippen LogP contribution in [-0.4, -0.2) is 22.1 Å². The number of nitrogens with zero attached hydrogens (tertiary/aromatic N) is 2. The van der Waals surface area contributed by atoms with E-state index in [4.69, 9.17) is 4.52 Å². The molecule has 1 aliphatic rings. The molecule has 1 N–H and O–H groups in total. The van der Waals surface area contributed by atoms with Crippen LogP contribution in [0.4, 0.5) is 10.6 Å². The monoisotopic (exact) mass is 277 g/mol. The molecule has 5 nitrogen and oxygen atoms in total. The summed E-state index contributed by atoms with van der Waals surface area (Å²) in [7, 11) is 0. The predicted octanol–water partition coefficient (Wildman–Crippen LogP) is 3.24. The van der Waals surface area contributed by atoms with Gasteiger partial charge in [-0.1, -0.05) is 11.2 Å². The molecule has 0 aliphatic heterocycles. The molecule has 1 aliphatic carbocycles. The van der Waals surface area contributed by atoms with Crippen LogP contribution in [0.3, 0.4) is 0 Å². The van der Waals surface area contributed by atoms with Crippen molar-refractivity contribution in [3.05, 3.63) is 34.2 Å². The van der Waals surface area contributed by atoms with E-state index >= 15 is 0 Å². The smallest absolute Gasteiger partial charge is 0.323 e. The molecule has 3 rings (SSSR count). The van der Waals surface area contributed by atoms with Crippen molar-refractivity contribution in [1.29, 1.82) is 0 Å². The first-order valence-electron chi connectivity index (χ1n) is 6.26. The number of nitrogens with one attached hydrogen (secondary N) is 1. The molecule has 1 fully saturated rings. The molecule has 0 atom stereocenters. The third kappa shape index (κ3) is 2.96. The van der Waals surface area contributed by atoms with Gasteiger partial charge in [0.05, 0.1) is 6.54 Å². The van der Waals surface area contributed by atoms with Crippen molar-refractivity contribution in [2.75, 3.05) is 5.32 Å². The van der Waals surface area contributed by atoms with Crippen molar-refractivity contribution in [2.24, 2.45) is 0 Å². The number of rotatable bonds is 4. The minimum Gasteiger partial charge on any atom is -0.360 e. The molecule has 6 heteroatoms. The number of aryl methyl sites for hydroxylation is 1. The van der Waals surface area contributed by atoms with Crippen LogP contribution in [0.25, 0.3) is 0 Å². The van der Waals surface area contributed by atoms with Crippen LogP contribution >= 0.6 is 11.3 Å². The topological polar surface area (TPSA) is 58.4 Å². The molecule has 2 aromatic rings. The first kappa shape index (κ1) is 12.2. The summed E-state index contributed by atoms with van der Waals surface area (Å²) in [5, 5.41) is 8.59. The number of carbonyl (C=O) groups is 1. The first-order valence-corrected chi connectivity index (χ1v) is 7.13. The van der Waals surface area contributed by atoms with Crippen LogP contribution in [0.1, 0.15) is 23.5 Å². The zero-order valence-electron chi connectivity index (χ0n) is 10.6. The molecule has 1 saturated carbocycles. The number of hydrogen-bond acceptors (Lipinski definition) is 4. The van der Waals surface area contributed by atoms with Crippen LogP contribution < -0.4 is 5.32 Å². The normalized spacial score (nSPS) is 14.4. The molecule has 0 aromatic carbocycles. The number of aromatic nitrogens is 1. The standard InChI is InChI=1S/C13H15N3O2S/c1-9-7-12(15-18-9)14-13(17)16(10-4-5-10)8-11-3-2-6-19-11/h2-3,6-7,10H,4-5,8H2,1H3,(H,14,15,17). The molecule has 2 heterocycles. The van der Waals surface area contributed by atoms with Gasteiger partial charge in [-0.25, -0.2) is 4.79 Å². The molecule has 19 heavy (non-hydrogen) atoms.